The smallest absolute Gasteiger partial charge is 0.127 e. The lowest BCUT2D eigenvalue weighted by atomic mass is 9.93. The first kappa shape index (κ1) is 12.4. The van der Waals surface area contributed by atoms with Crippen LogP contribution in [0.3, 0.4) is 0 Å². The largest absolute Gasteiger partial charge is 0.496 e. The van der Waals surface area contributed by atoms with Crippen molar-refractivity contribution in [3.8, 4) is 5.75 Å². The zero-order valence-electron chi connectivity index (χ0n) is 10.6. The van der Waals surface area contributed by atoms with Crippen molar-refractivity contribution >= 4 is 0 Å². The predicted octanol–water partition coefficient (Wildman–Crippen LogP) is 2.55. The van der Waals surface area contributed by atoms with Crippen molar-refractivity contribution in [2.45, 2.75) is 26.2 Å². The third-order valence-corrected chi connectivity index (χ3v) is 3.51. The summed E-state index contributed by atoms with van der Waals surface area (Å²) in [7, 11) is 1.61. The van der Waals surface area contributed by atoms with E-state index in [0.29, 0.717) is 11.7 Å². The maximum Gasteiger partial charge on any atom is 0.127 e. The van der Waals surface area contributed by atoms with E-state index >= 15 is 0 Å². The highest BCUT2D eigenvalue weighted by molar-refractivity contribution is 5.41. The lowest BCUT2D eigenvalue weighted by Gasteiger charge is -2.15. The Kier molecular flexibility index (Phi) is 4.00. The summed E-state index contributed by atoms with van der Waals surface area (Å²) in [5.74, 6) is 1.13. The first-order valence-corrected chi connectivity index (χ1v) is 6.30. The summed E-state index contributed by atoms with van der Waals surface area (Å²) < 4.78 is 18.8. The monoisotopic (exact) mass is 237 g/mol. The van der Waals surface area contributed by atoms with Gasteiger partial charge in [0.1, 0.15) is 11.6 Å². The van der Waals surface area contributed by atoms with Crippen LogP contribution in [0.15, 0.2) is 12.1 Å². The van der Waals surface area contributed by atoms with E-state index < -0.39 is 0 Å². The molecule has 2 rings (SSSR count). The standard InChI is InChI=1S/C14H20FNO/c1-3-13-11(6-10-4-5-16-9-10)7-12(15)8-14(13)17-2/h7-8,10,16H,3-6,9H2,1-2H3. The molecule has 1 heterocycles. The topological polar surface area (TPSA) is 21.3 Å². The molecule has 1 saturated heterocycles. The molecule has 0 aromatic heterocycles. The van der Waals surface area contributed by atoms with Crippen molar-refractivity contribution in [1.29, 1.82) is 0 Å². The molecule has 0 aliphatic carbocycles. The van der Waals surface area contributed by atoms with Crippen LogP contribution >= 0.6 is 0 Å². The summed E-state index contributed by atoms with van der Waals surface area (Å²) in [5.41, 5.74) is 2.26. The van der Waals surface area contributed by atoms with E-state index in [2.05, 4.69) is 12.2 Å². The second kappa shape index (κ2) is 5.50. The molecule has 17 heavy (non-hydrogen) atoms. The van der Waals surface area contributed by atoms with Crippen LogP contribution < -0.4 is 10.1 Å². The van der Waals surface area contributed by atoms with Crippen molar-refractivity contribution < 1.29 is 9.13 Å². The van der Waals surface area contributed by atoms with E-state index in [0.717, 1.165) is 37.1 Å². The molecule has 0 bridgehead atoms. The molecule has 1 atom stereocenters. The summed E-state index contributed by atoms with van der Waals surface area (Å²) in [6.07, 6.45) is 3.02. The highest BCUT2D eigenvalue weighted by Gasteiger charge is 2.18. The van der Waals surface area contributed by atoms with Crippen LogP contribution in [0.25, 0.3) is 0 Å². The zero-order valence-corrected chi connectivity index (χ0v) is 10.6. The second-order valence-corrected chi connectivity index (χ2v) is 4.66. The zero-order chi connectivity index (χ0) is 12.3. The Morgan fingerprint density at radius 1 is 1.47 bits per heavy atom. The van der Waals surface area contributed by atoms with Gasteiger partial charge in [-0.3, -0.25) is 0 Å². The number of methoxy groups -OCH3 is 1. The molecular formula is C14H20FNO. The van der Waals surface area contributed by atoms with E-state index in [9.17, 15) is 4.39 Å². The van der Waals surface area contributed by atoms with E-state index in [1.807, 2.05) is 0 Å². The normalized spacial score (nSPS) is 19.6. The average molecular weight is 237 g/mol. The minimum atomic E-state index is -0.194. The van der Waals surface area contributed by atoms with Crippen LogP contribution in [-0.4, -0.2) is 20.2 Å². The van der Waals surface area contributed by atoms with Gasteiger partial charge in [0.15, 0.2) is 0 Å². The maximum atomic E-state index is 13.5. The number of nitrogens with one attached hydrogen (secondary N) is 1. The first-order valence-electron chi connectivity index (χ1n) is 6.30. The molecule has 0 radical (unpaired) electrons. The SMILES string of the molecule is CCc1c(CC2CCNC2)cc(F)cc1OC. The van der Waals surface area contributed by atoms with Gasteiger partial charge in [0.2, 0.25) is 0 Å². The fourth-order valence-corrected chi connectivity index (χ4v) is 2.63. The first-order chi connectivity index (χ1) is 8.24. The van der Waals surface area contributed by atoms with Crippen LogP contribution in [0, 0.1) is 11.7 Å². The number of benzene rings is 1. The van der Waals surface area contributed by atoms with Crippen molar-refractivity contribution in [3.05, 3.63) is 29.1 Å². The summed E-state index contributed by atoms with van der Waals surface area (Å²) in [5, 5.41) is 3.35. The van der Waals surface area contributed by atoms with Crippen LogP contribution in [0.2, 0.25) is 0 Å². The average Bonchev–Trinajstić information content (AvgIpc) is 2.81. The molecule has 1 unspecified atom stereocenters. The number of rotatable bonds is 4. The number of hydrogen-bond acceptors (Lipinski definition) is 2. The van der Waals surface area contributed by atoms with Gasteiger partial charge in [-0.2, -0.15) is 0 Å². The summed E-state index contributed by atoms with van der Waals surface area (Å²) >= 11 is 0. The van der Waals surface area contributed by atoms with Crippen molar-refractivity contribution in [2.24, 2.45) is 5.92 Å². The molecule has 0 spiro atoms. The quantitative estimate of drug-likeness (QED) is 0.869. The molecule has 2 nitrogen and oxygen atoms in total. The maximum absolute atomic E-state index is 13.5. The van der Waals surface area contributed by atoms with Gasteiger partial charge in [-0.15, -0.1) is 0 Å². The highest BCUT2D eigenvalue weighted by atomic mass is 19.1. The molecule has 1 N–H and O–H groups in total. The van der Waals surface area contributed by atoms with Crippen LogP contribution in [0.5, 0.6) is 5.75 Å². The summed E-state index contributed by atoms with van der Waals surface area (Å²) in [6, 6.07) is 3.15. The molecular weight excluding hydrogens is 217 g/mol. The van der Waals surface area contributed by atoms with Gasteiger partial charge in [0.25, 0.3) is 0 Å². The molecule has 1 aliphatic heterocycles. The molecule has 0 amide bonds. The van der Waals surface area contributed by atoms with Gasteiger partial charge in [-0.25, -0.2) is 4.39 Å². The molecule has 1 aromatic carbocycles. The Bertz CT molecular complexity index is 386. The van der Waals surface area contributed by atoms with Crippen molar-refractivity contribution in [1.82, 2.24) is 5.32 Å². The second-order valence-electron chi connectivity index (χ2n) is 4.66. The Morgan fingerprint density at radius 3 is 2.88 bits per heavy atom. The van der Waals surface area contributed by atoms with Gasteiger partial charge >= 0.3 is 0 Å². The van der Waals surface area contributed by atoms with Gasteiger partial charge in [0, 0.05) is 6.07 Å². The van der Waals surface area contributed by atoms with Crippen LogP contribution in [-0.2, 0) is 12.8 Å². The number of ether oxygens (including phenoxy) is 1. The molecule has 3 heteroatoms. The number of halogens is 1. The Labute approximate surface area is 102 Å². The van der Waals surface area contributed by atoms with Crippen LogP contribution in [0.4, 0.5) is 4.39 Å². The molecule has 1 aromatic rings. The van der Waals surface area contributed by atoms with Gasteiger partial charge in [-0.05, 0) is 55.5 Å². The Morgan fingerprint density at radius 2 is 2.29 bits per heavy atom. The molecule has 1 fully saturated rings. The third kappa shape index (κ3) is 2.78. The van der Waals surface area contributed by atoms with E-state index in [-0.39, 0.29) is 5.82 Å². The lowest BCUT2D eigenvalue weighted by molar-refractivity contribution is 0.404. The summed E-state index contributed by atoms with van der Waals surface area (Å²) in [4.78, 5) is 0. The molecule has 1 aliphatic rings. The predicted molar refractivity (Wildman–Crippen MR) is 67.0 cm³/mol. The minimum Gasteiger partial charge on any atom is -0.496 e. The fourth-order valence-electron chi connectivity index (χ4n) is 2.63. The van der Waals surface area contributed by atoms with E-state index in [4.69, 9.17) is 4.74 Å². The Hall–Kier alpha value is -1.09. The van der Waals surface area contributed by atoms with Gasteiger partial charge in [0.05, 0.1) is 7.11 Å². The number of hydrogen-bond donors (Lipinski definition) is 1. The van der Waals surface area contributed by atoms with E-state index in [1.165, 1.54) is 12.5 Å². The summed E-state index contributed by atoms with van der Waals surface area (Å²) in [6.45, 7) is 4.21. The van der Waals surface area contributed by atoms with Crippen molar-refractivity contribution in [2.75, 3.05) is 20.2 Å². The van der Waals surface area contributed by atoms with Crippen molar-refractivity contribution in [3.63, 3.8) is 0 Å². The fraction of sp³-hybridized carbons (Fsp3) is 0.571. The van der Waals surface area contributed by atoms with Gasteiger partial charge < -0.3 is 10.1 Å². The lowest BCUT2D eigenvalue weighted by Crippen LogP contribution is -2.12. The third-order valence-electron chi connectivity index (χ3n) is 3.51. The minimum absolute atomic E-state index is 0.194. The molecule has 0 saturated carbocycles. The van der Waals surface area contributed by atoms with Crippen LogP contribution in [0.1, 0.15) is 24.5 Å². The van der Waals surface area contributed by atoms with E-state index in [1.54, 1.807) is 13.2 Å². The molecule has 94 valence electrons. The highest BCUT2D eigenvalue weighted by Crippen LogP contribution is 2.27. The van der Waals surface area contributed by atoms with Gasteiger partial charge in [-0.1, -0.05) is 6.92 Å². The Balaban J connectivity index is 2.26.